The van der Waals surface area contributed by atoms with Crippen molar-refractivity contribution in [3.8, 4) is 0 Å². The largest absolute Gasteiger partial charge is 0.378 e. The SMILES string of the molecule is O=C(c1cccc2[nH]ccc12)N1CCC[C@@H](n2ncc(N3CCOCC3)cc2=O)C1. The van der Waals surface area contributed by atoms with Crippen molar-refractivity contribution in [1.82, 2.24) is 19.7 Å². The van der Waals surface area contributed by atoms with Crippen LogP contribution in [-0.2, 0) is 4.74 Å². The van der Waals surface area contributed by atoms with Gasteiger partial charge in [0.05, 0.1) is 31.1 Å². The number of rotatable bonds is 3. The van der Waals surface area contributed by atoms with Gasteiger partial charge in [-0.1, -0.05) is 6.07 Å². The van der Waals surface area contributed by atoms with Gasteiger partial charge in [0.2, 0.25) is 0 Å². The normalized spacial score (nSPS) is 19.9. The van der Waals surface area contributed by atoms with Crippen LogP contribution in [0.1, 0.15) is 29.2 Å². The molecule has 0 bridgehead atoms. The number of ether oxygens (including phenoxy) is 1. The monoisotopic (exact) mass is 407 g/mol. The lowest BCUT2D eigenvalue weighted by molar-refractivity contribution is 0.0672. The molecular formula is C22H25N5O3. The molecular weight excluding hydrogens is 382 g/mol. The van der Waals surface area contributed by atoms with E-state index < -0.39 is 0 Å². The molecule has 3 aromatic rings. The third-order valence-electron chi connectivity index (χ3n) is 6.04. The minimum absolute atomic E-state index is 0.00267. The highest BCUT2D eigenvalue weighted by molar-refractivity contribution is 6.06. The van der Waals surface area contributed by atoms with Gasteiger partial charge in [-0.15, -0.1) is 0 Å². The Balaban J connectivity index is 1.36. The molecule has 8 heteroatoms. The molecule has 2 fully saturated rings. The topological polar surface area (TPSA) is 83.5 Å². The maximum absolute atomic E-state index is 13.2. The molecule has 1 aromatic carbocycles. The predicted octanol–water partition coefficient (Wildman–Crippen LogP) is 2.04. The first-order valence-corrected chi connectivity index (χ1v) is 10.5. The van der Waals surface area contributed by atoms with E-state index in [0.717, 1.165) is 42.5 Å². The number of anilines is 1. The Labute approximate surface area is 174 Å². The summed E-state index contributed by atoms with van der Waals surface area (Å²) in [6.45, 7) is 4.04. The fourth-order valence-electron chi connectivity index (χ4n) is 4.46. The van der Waals surface area contributed by atoms with Crippen LogP contribution in [0.15, 0.2) is 47.5 Å². The molecule has 30 heavy (non-hydrogen) atoms. The Morgan fingerprint density at radius 3 is 2.87 bits per heavy atom. The maximum Gasteiger partial charge on any atom is 0.269 e. The van der Waals surface area contributed by atoms with Crippen LogP contribution in [0.3, 0.4) is 0 Å². The number of H-pyrrole nitrogens is 1. The van der Waals surface area contributed by atoms with Crippen molar-refractivity contribution in [2.24, 2.45) is 0 Å². The number of carbonyl (C=O) groups is 1. The van der Waals surface area contributed by atoms with Crippen LogP contribution in [0.5, 0.6) is 0 Å². The molecule has 8 nitrogen and oxygen atoms in total. The molecule has 0 aliphatic carbocycles. The van der Waals surface area contributed by atoms with E-state index in [4.69, 9.17) is 4.74 Å². The van der Waals surface area contributed by atoms with Crippen molar-refractivity contribution in [3.05, 3.63) is 58.6 Å². The quantitative estimate of drug-likeness (QED) is 0.718. The predicted molar refractivity (Wildman–Crippen MR) is 114 cm³/mol. The van der Waals surface area contributed by atoms with Crippen LogP contribution in [0, 0.1) is 0 Å². The summed E-state index contributed by atoms with van der Waals surface area (Å²) in [5.74, 6) is 0.00267. The van der Waals surface area contributed by atoms with Crippen molar-refractivity contribution in [3.63, 3.8) is 0 Å². The summed E-state index contributed by atoms with van der Waals surface area (Å²) in [7, 11) is 0. The summed E-state index contributed by atoms with van der Waals surface area (Å²) in [4.78, 5) is 33.1. The smallest absolute Gasteiger partial charge is 0.269 e. The molecule has 0 radical (unpaired) electrons. The number of morpholine rings is 1. The number of aromatic amines is 1. The Morgan fingerprint density at radius 1 is 1.17 bits per heavy atom. The summed E-state index contributed by atoms with van der Waals surface area (Å²) in [6, 6.07) is 9.19. The van der Waals surface area contributed by atoms with Gasteiger partial charge in [0, 0.05) is 54.9 Å². The minimum atomic E-state index is -0.119. The Morgan fingerprint density at radius 2 is 2.03 bits per heavy atom. The average molecular weight is 407 g/mol. The molecule has 2 aliphatic heterocycles. The van der Waals surface area contributed by atoms with Crippen molar-refractivity contribution >= 4 is 22.5 Å². The Bertz CT molecular complexity index is 1120. The lowest BCUT2D eigenvalue weighted by Crippen LogP contribution is -2.44. The molecule has 2 saturated heterocycles. The Hall–Kier alpha value is -3.13. The number of likely N-dealkylation sites (tertiary alicyclic amines) is 1. The molecule has 2 aliphatic rings. The second-order valence-corrected chi connectivity index (χ2v) is 7.89. The first-order valence-electron chi connectivity index (χ1n) is 10.5. The molecule has 1 atom stereocenters. The number of hydrogen-bond donors (Lipinski definition) is 1. The number of aromatic nitrogens is 3. The highest BCUT2D eigenvalue weighted by atomic mass is 16.5. The zero-order valence-electron chi connectivity index (χ0n) is 16.8. The van der Waals surface area contributed by atoms with Gasteiger partial charge in [-0.2, -0.15) is 5.10 Å². The highest BCUT2D eigenvalue weighted by Gasteiger charge is 2.28. The number of piperidine rings is 1. The minimum Gasteiger partial charge on any atom is -0.378 e. The van der Waals surface area contributed by atoms with E-state index in [1.54, 1.807) is 16.9 Å². The van der Waals surface area contributed by atoms with E-state index in [1.165, 1.54) is 0 Å². The fraction of sp³-hybridized carbons (Fsp3) is 0.409. The van der Waals surface area contributed by atoms with Gasteiger partial charge in [-0.25, -0.2) is 4.68 Å². The molecule has 5 rings (SSSR count). The molecule has 0 unspecified atom stereocenters. The summed E-state index contributed by atoms with van der Waals surface area (Å²) in [5, 5.41) is 5.39. The molecule has 0 spiro atoms. The number of benzene rings is 1. The summed E-state index contributed by atoms with van der Waals surface area (Å²) in [5.41, 5.74) is 2.36. The van der Waals surface area contributed by atoms with Crippen LogP contribution in [0.2, 0.25) is 0 Å². The van der Waals surface area contributed by atoms with Gasteiger partial charge in [-0.3, -0.25) is 9.59 Å². The molecule has 4 heterocycles. The van der Waals surface area contributed by atoms with Gasteiger partial charge in [0.1, 0.15) is 0 Å². The Kier molecular flexibility index (Phi) is 5.00. The first kappa shape index (κ1) is 18.9. The van der Waals surface area contributed by atoms with Gasteiger partial charge in [0.15, 0.2) is 0 Å². The van der Waals surface area contributed by atoms with E-state index in [-0.39, 0.29) is 17.5 Å². The number of hydrogen-bond acceptors (Lipinski definition) is 5. The van der Waals surface area contributed by atoms with Crippen LogP contribution < -0.4 is 10.5 Å². The summed E-state index contributed by atoms with van der Waals surface area (Å²) in [6.07, 6.45) is 5.29. The van der Waals surface area contributed by atoms with Crippen LogP contribution in [0.25, 0.3) is 10.9 Å². The van der Waals surface area contributed by atoms with Crippen LogP contribution in [-0.4, -0.2) is 65.0 Å². The van der Waals surface area contributed by atoms with Crippen molar-refractivity contribution in [2.45, 2.75) is 18.9 Å². The molecule has 1 N–H and O–H groups in total. The van der Waals surface area contributed by atoms with Gasteiger partial charge in [0.25, 0.3) is 11.5 Å². The lowest BCUT2D eigenvalue weighted by atomic mass is 10.0. The van der Waals surface area contributed by atoms with Crippen molar-refractivity contribution in [1.29, 1.82) is 0 Å². The van der Waals surface area contributed by atoms with Crippen LogP contribution >= 0.6 is 0 Å². The van der Waals surface area contributed by atoms with Crippen LogP contribution in [0.4, 0.5) is 5.69 Å². The van der Waals surface area contributed by atoms with Gasteiger partial charge in [-0.05, 0) is 31.0 Å². The second-order valence-electron chi connectivity index (χ2n) is 7.89. The van der Waals surface area contributed by atoms with Crippen molar-refractivity contribution in [2.75, 3.05) is 44.3 Å². The standard InChI is InChI=1S/C22H25N5O3/c28-21-13-17(25-9-11-30-12-10-25)14-24-27(21)16-3-2-8-26(15-16)22(29)19-4-1-5-20-18(19)6-7-23-20/h1,4-7,13-14,16,23H,2-3,8-12,15H2/t16-/m1/s1. The van der Waals surface area contributed by atoms with E-state index in [2.05, 4.69) is 15.0 Å². The number of nitrogens with one attached hydrogen (secondary N) is 1. The number of amides is 1. The van der Waals surface area contributed by atoms with Gasteiger partial charge >= 0.3 is 0 Å². The second kappa shape index (κ2) is 7.95. The molecule has 2 aromatic heterocycles. The lowest BCUT2D eigenvalue weighted by Gasteiger charge is -2.33. The third-order valence-corrected chi connectivity index (χ3v) is 6.04. The number of nitrogens with zero attached hydrogens (tertiary/aromatic N) is 4. The summed E-state index contributed by atoms with van der Waals surface area (Å²) >= 11 is 0. The average Bonchev–Trinajstić information content (AvgIpc) is 3.28. The third kappa shape index (κ3) is 3.47. The number of fused-ring (bicyclic) bond motifs is 1. The van der Waals surface area contributed by atoms with E-state index in [9.17, 15) is 9.59 Å². The fourth-order valence-corrected chi connectivity index (χ4v) is 4.46. The van der Waals surface area contributed by atoms with E-state index >= 15 is 0 Å². The van der Waals surface area contributed by atoms with E-state index in [0.29, 0.717) is 31.9 Å². The van der Waals surface area contributed by atoms with Gasteiger partial charge < -0.3 is 19.5 Å². The highest BCUT2D eigenvalue weighted by Crippen LogP contribution is 2.25. The molecule has 1 amide bonds. The maximum atomic E-state index is 13.2. The zero-order valence-corrected chi connectivity index (χ0v) is 16.8. The molecule has 156 valence electrons. The summed E-state index contributed by atoms with van der Waals surface area (Å²) < 4.78 is 6.92. The number of carbonyl (C=O) groups excluding carboxylic acids is 1. The first-order chi connectivity index (χ1) is 14.7. The molecule has 0 saturated carbocycles. The zero-order chi connectivity index (χ0) is 20.5. The van der Waals surface area contributed by atoms with Crippen molar-refractivity contribution < 1.29 is 9.53 Å². The van der Waals surface area contributed by atoms with E-state index in [1.807, 2.05) is 35.4 Å².